The number of hydrogen-bond acceptors (Lipinski definition) is 7. The van der Waals surface area contributed by atoms with Crippen LogP contribution in [0.25, 0.3) is 11.2 Å². The molecule has 0 unspecified atom stereocenters. The number of alkyl carbamates (subject to hydrolysis) is 1. The van der Waals surface area contributed by atoms with Gasteiger partial charge in [0, 0.05) is 26.2 Å². The minimum Gasteiger partial charge on any atom is -0.444 e. The molecule has 0 bridgehead atoms. The number of halogens is 6. The van der Waals surface area contributed by atoms with Crippen LogP contribution in [0.4, 0.5) is 39.8 Å². The molecule has 2 aliphatic rings. The van der Waals surface area contributed by atoms with E-state index in [1.807, 2.05) is 0 Å². The number of aromatic nitrogens is 3. The van der Waals surface area contributed by atoms with Gasteiger partial charge < -0.3 is 25.6 Å². The minimum atomic E-state index is -4.26. The van der Waals surface area contributed by atoms with Gasteiger partial charge in [-0.3, -0.25) is 9.36 Å². The quantitative estimate of drug-likeness (QED) is 0.220. The van der Waals surface area contributed by atoms with E-state index in [1.165, 1.54) is 0 Å². The molecule has 0 spiro atoms. The maximum absolute atomic E-state index is 14.3. The third-order valence-electron chi connectivity index (χ3n) is 8.25. The average molecular weight is 703 g/mol. The molecular formula is C31H37Cl2F4N7O3. The first kappa shape index (κ1) is 34.8. The maximum Gasteiger partial charge on any atom is 0.407 e. The summed E-state index contributed by atoms with van der Waals surface area (Å²) in [5, 5.41) is 9.18. The molecule has 256 valence electrons. The van der Waals surface area contributed by atoms with E-state index >= 15 is 0 Å². The molecule has 10 nitrogen and oxygen atoms in total. The Morgan fingerprint density at radius 3 is 2.38 bits per heavy atom. The molecule has 16 heteroatoms. The molecule has 3 N–H and O–H groups in total. The zero-order valence-corrected chi connectivity index (χ0v) is 27.9. The number of imidazole rings is 1. The Morgan fingerprint density at radius 2 is 1.77 bits per heavy atom. The van der Waals surface area contributed by atoms with Crippen molar-refractivity contribution in [2.75, 3.05) is 23.3 Å². The monoisotopic (exact) mass is 701 g/mol. The molecular weight excluding hydrogens is 665 g/mol. The number of fused-ring (bicyclic) bond motifs is 1. The summed E-state index contributed by atoms with van der Waals surface area (Å²) in [6.07, 6.45) is -5.41. The largest absolute Gasteiger partial charge is 0.444 e. The van der Waals surface area contributed by atoms with Gasteiger partial charge in [-0.15, -0.1) is 0 Å². The summed E-state index contributed by atoms with van der Waals surface area (Å²) in [6, 6.07) is 4.41. The highest BCUT2D eigenvalue weighted by atomic mass is 35.5. The van der Waals surface area contributed by atoms with Crippen molar-refractivity contribution in [3.05, 3.63) is 39.4 Å². The van der Waals surface area contributed by atoms with E-state index in [2.05, 4.69) is 20.9 Å². The van der Waals surface area contributed by atoms with Crippen molar-refractivity contribution in [1.82, 2.24) is 25.2 Å². The summed E-state index contributed by atoms with van der Waals surface area (Å²) >= 11 is 13.2. The molecule has 1 aromatic carbocycles. The third-order valence-corrected chi connectivity index (χ3v) is 9.00. The number of anilines is 3. The Balaban J connectivity index is 1.41. The molecule has 1 saturated heterocycles. The topological polar surface area (TPSA) is 113 Å². The molecule has 1 aliphatic carbocycles. The van der Waals surface area contributed by atoms with Gasteiger partial charge in [-0.05, 0) is 70.6 Å². The summed E-state index contributed by atoms with van der Waals surface area (Å²) in [4.78, 5) is 36.8. The second kappa shape index (κ2) is 13.5. The summed E-state index contributed by atoms with van der Waals surface area (Å²) in [7, 11) is 1.70. The fourth-order valence-corrected chi connectivity index (χ4v) is 6.33. The van der Waals surface area contributed by atoms with E-state index in [0.29, 0.717) is 29.0 Å². The van der Waals surface area contributed by atoms with Gasteiger partial charge in [0.1, 0.15) is 23.1 Å². The Morgan fingerprint density at radius 1 is 1.06 bits per heavy atom. The average Bonchev–Trinajstić information content (AvgIpc) is 3.55. The standard InChI is InChI=1S/C31H37Cl2F4N7O3/c1-30(2,3)47-29(46)38-14-16-5-10-21(32)24(23(16)33)41-28-40-22-13-20(25(42-26(22)43(28)4)44-12-11-18(34)15-44)27(45)39-19-8-6-17(7-9-19)31(35,36)37/h5,10,13,17-19H,6-9,11-12,14-15H2,1-4H3,(H,38,46)(H,39,45)(H,40,41)/t17?,18-,19?/m1/s1. The fraction of sp³-hybridized carbons (Fsp3) is 0.548. The highest BCUT2D eigenvalue weighted by molar-refractivity contribution is 6.39. The number of pyridine rings is 1. The number of nitrogens with one attached hydrogen (secondary N) is 3. The number of carbonyl (C=O) groups excluding carboxylic acids is 2. The van der Waals surface area contributed by atoms with Gasteiger partial charge in [0.05, 0.1) is 33.8 Å². The lowest BCUT2D eigenvalue weighted by Gasteiger charge is -2.30. The van der Waals surface area contributed by atoms with Crippen LogP contribution < -0.4 is 20.9 Å². The third kappa shape index (κ3) is 8.14. The van der Waals surface area contributed by atoms with Crippen LogP contribution in [0.1, 0.15) is 68.8 Å². The number of amides is 2. The van der Waals surface area contributed by atoms with Crippen LogP contribution >= 0.6 is 23.2 Å². The molecule has 2 amide bonds. The number of alkyl halides is 4. The highest BCUT2D eigenvalue weighted by Gasteiger charge is 2.41. The lowest BCUT2D eigenvalue weighted by molar-refractivity contribution is -0.182. The molecule has 0 radical (unpaired) electrons. The van der Waals surface area contributed by atoms with Crippen molar-refractivity contribution in [3.63, 3.8) is 0 Å². The second-order valence-corrected chi connectivity index (χ2v) is 13.8. The van der Waals surface area contributed by atoms with E-state index in [4.69, 9.17) is 32.9 Å². The van der Waals surface area contributed by atoms with Crippen LogP contribution in [0, 0.1) is 5.92 Å². The Bertz CT molecular complexity index is 1650. The van der Waals surface area contributed by atoms with Gasteiger partial charge in [0.25, 0.3) is 5.91 Å². The number of carbonyl (C=O) groups is 2. The van der Waals surface area contributed by atoms with Gasteiger partial charge >= 0.3 is 12.3 Å². The lowest BCUT2D eigenvalue weighted by Crippen LogP contribution is -2.40. The predicted molar refractivity (Wildman–Crippen MR) is 172 cm³/mol. The predicted octanol–water partition coefficient (Wildman–Crippen LogP) is 7.44. The highest BCUT2D eigenvalue weighted by Crippen LogP contribution is 2.39. The van der Waals surface area contributed by atoms with Crippen molar-refractivity contribution in [1.29, 1.82) is 0 Å². The fourth-order valence-electron chi connectivity index (χ4n) is 5.80. The smallest absolute Gasteiger partial charge is 0.407 e. The van der Waals surface area contributed by atoms with E-state index in [1.54, 1.807) is 55.5 Å². The number of benzene rings is 1. The first-order valence-corrected chi connectivity index (χ1v) is 16.1. The summed E-state index contributed by atoms with van der Waals surface area (Å²) < 4.78 is 60.7. The van der Waals surface area contributed by atoms with E-state index in [9.17, 15) is 27.2 Å². The van der Waals surface area contributed by atoms with Gasteiger partial charge in [-0.25, -0.2) is 19.2 Å². The van der Waals surface area contributed by atoms with E-state index in [0.717, 1.165) is 0 Å². The van der Waals surface area contributed by atoms with E-state index in [-0.39, 0.29) is 72.6 Å². The molecule has 2 aromatic heterocycles. The minimum absolute atomic E-state index is 0.0494. The Hall–Kier alpha value is -3.52. The normalized spacial score (nSPS) is 20.4. The summed E-state index contributed by atoms with van der Waals surface area (Å²) in [6.45, 7) is 5.72. The van der Waals surface area contributed by atoms with Crippen LogP contribution in [0.5, 0.6) is 0 Å². The van der Waals surface area contributed by atoms with Crippen molar-refractivity contribution >= 4 is 63.8 Å². The Labute approximate surface area is 279 Å². The number of ether oxygens (including phenoxy) is 1. The molecule has 3 aromatic rings. The molecule has 1 saturated carbocycles. The molecule has 2 fully saturated rings. The number of aryl methyl sites for hydroxylation is 1. The van der Waals surface area contributed by atoms with Gasteiger partial charge in [-0.1, -0.05) is 29.3 Å². The van der Waals surface area contributed by atoms with Crippen molar-refractivity contribution < 1.29 is 31.9 Å². The van der Waals surface area contributed by atoms with Gasteiger partial charge in [0.2, 0.25) is 5.95 Å². The Kier molecular flexibility index (Phi) is 10.0. The van der Waals surface area contributed by atoms with Crippen molar-refractivity contribution in [3.8, 4) is 0 Å². The van der Waals surface area contributed by atoms with Crippen LogP contribution in [0.3, 0.4) is 0 Å². The molecule has 47 heavy (non-hydrogen) atoms. The molecule has 3 heterocycles. The second-order valence-electron chi connectivity index (χ2n) is 13.0. The van der Waals surface area contributed by atoms with Gasteiger partial charge in [0.15, 0.2) is 5.65 Å². The molecule has 5 rings (SSSR count). The maximum atomic E-state index is 14.3. The number of nitrogens with zero attached hydrogens (tertiary/aromatic N) is 4. The molecule has 1 aliphatic heterocycles. The van der Waals surface area contributed by atoms with Crippen LogP contribution in [-0.4, -0.2) is 63.6 Å². The summed E-state index contributed by atoms with van der Waals surface area (Å²) in [5.74, 6) is -1.34. The number of hydrogen-bond donors (Lipinski definition) is 3. The van der Waals surface area contributed by atoms with E-state index < -0.39 is 41.9 Å². The van der Waals surface area contributed by atoms with Gasteiger partial charge in [-0.2, -0.15) is 13.2 Å². The zero-order valence-electron chi connectivity index (χ0n) is 26.4. The van der Waals surface area contributed by atoms with Crippen LogP contribution in [0.2, 0.25) is 10.0 Å². The number of rotatable bonds is 7. The van der Waals surface area contributed by atoms with Crippen molar-refractivity contribution in [2.45, 2.75) is 83.4 Å². The van der Waals surface area contributed by atoms with Crippen LogP contribution in [0.15, 0.2) is 18.2 Å². The summed E-state index contributed by atoms with van der Waals surface area (Å²) in [5.41, 5.74) is 1.09. The first-order valence-electron chi connectivity index (χ1n) is 15.3. The zero-order chi connectivity index (χ0) is 34.3. The first-order chi connectivity index (χ1) is 22.0. The van der Waals surface area contributed by atoms with Crippen molar-refractivity contribution in [2.24, 2.45) is 13.0 Å². The molecule has 1 atom stereocenters. The lowest BCUT2D eigenvalue weighted by atomic mass is 9.85. The SMILES string of the molecule is Cn1c(Nc2c(Cl)ccc(CNC(=O)OC(C)(C)C)c2Cl)nc2cc(C(=O)NC3CCC(C(F)(F)F)CC3)c(N3CC[C@@H](F)C3)nc21. The van der Waals surface area contributed by atoms with Crippen LogP contribution in [-0.2, 0) is 18.3 Å².